The van der Waals surface area contributed by atoms with Crippen molar-refractivity contribution in [1.82, 2.24) is 4.90 Å². The number of nitrogens with zero attached hydrogens (tertiary/aromatic N) is 2. The Kier molecular flexibility index (Phi) is 4.04. The highest BCUT2D eigenvalue weighted by atomic mass is 35.5. The zero-order valence-electron chi connectivity index (χ0n) is 10.1. The summed E-state index contributed by atoms with van der Waals surface area (Å²) in [6.07, 6.45) is 2.25. The highest BCUT2D eigenvalue weighted by Gasteiger charge is 2.22. The van der Waals surface area contributed by atoms with E-state index >= 15 is 0 Å². The molecule has 0 amide bonds. The number of rotatable bonds is 4. The normalized spacial score (nSPS) is 20.0. The Labute approximate surface area is 110 Å². The maximum absolute atomic E-state index is 10.7. The van der Waals surface area contributed by atoms with Crippen molar-refractivity contribution < 1.29 is 9.66 Å². The van der Waals surface area contributed by atoms with Gasteiger partial charge in [-0.2, -0.15) is 0 Å². The third-order valence-electron chi connectivity index (χ3n) is 3.23. The summed E-state index contributed by atoms with van der Waals surface area (Å²) >= 11 is 5.96. The first kappa shape index (κ1) is 13.1. The Bertz CT molecular complexity index is 453. The minimum absolute atomic E-state index is 0.00539. The quantitative estimate of drug-likeness (QED) is 0.623. The van der Waals surface area contributed by atoms with Gasteiger partial charge in [-0.25, -0.2) is 0 Å². The van der Waals surface area contributed by atoms with E-state index < -0.39 is 4.92 Å². The first-order valence-electron chi connectivity index (χ1n) is 5.85. The Morgan fingerprint density at radius 3 is 3.00 bits per heavy atom. The third-order valence-corrected chi connectivity index (χ3v) is 3.54. The summed E-state index contributed by atoms with van der Waals surface area (Å²) in [6.45, 7) is 1.58. The van der Waals surface area contributed by atoms with Crippen LogP contribution >= 0.6 is 11.6 Å². The molecular formula is C12H15ClN2O3. The van der Waals surface area contributed by atoms with E-state index in [2.05, 4.69) is 11.9 Å². The van der Waals surface area contributed by atoms with E-state index in [4.69, 9.17) is 16.3 Å². The topological polar surface area (TPSA) is 55.6 Å². The molecule has 1 aromatic rings. The SMILES string of the molecule is CN1CCC[C@H]1COc1cc([N+](=O)[O-])ccc1Cl. The average Bonchev–Trinajstić information content (AvgIpc) is 2.73. The molecule has 0 unspecified atom stereocenters. The fourth-order valence-corrected chi connectivity index (χ4v) is 2.26. The molecule has 0 N–H and O–H groups in total. The van der Waals surface area contributed by atoms with E-state index in [0.29, 0.717) is 23.4 Å². The molecule has 0 saturated carbocycles. The van der Waals surface area contributed by atoms with Gasteiger partial charge < -0.3 is 9.64 Å². The summed E-state index contributed by atoms with van der Waals surface area (Å²) in [6, 6.07) is 4.60. The number of likely N-dealkylation sites (tertiary alicyclic amines) is 1. The van der Waals surface area contributed by atoms with Crippen LogP contribution in [0.25, 0.3) is 0 Å². The van der Waals surface area contributed by atoms with Crippen LogP contribution in [-0.4, -0.2) is 36.1 Å². The number of ether oxygens (including phenoxy) is 1. The van der Waals surface area contributed by atoms with Crippen LogP contribution in [0.1, 0.15) is 12.8 Å². The van der Waals surface area contributed by atoms with Crippen molar-refractivity contribution >= 4 is 17.3 Å². The van der Waals surface area contributed by atoms with Crippen molar-refractivity contribution in [3.05, 3.63) is 33.3 Å². The van der Waals surface area contributed by atoms with Gasteiger partial charge in [-0.3, -0.25) is 10.1 Å². The molecule has 18 heavy (non-hydrogen) atoms. The van der Waals surface area contributed by atoms with Gasteiger partial charge in [-0.15, -0.1) is 0 Å². The molecule has 0 spiro atoms. The fourth-order valence-electron chi connectivity index (χ4n) is 2.09. The number of hydrogen-bond donors (Lipinski definition) is 0. The maximum Gasteiger partial charge on any atom is 0.273 e. The van der Waals surface area contributed by atoms with Gasteiger partial charge in [-0.1, -0.05) is 11.6 Å². The van der Waals surface area contributed by atoms with E-state index in [-0.39, 0.29) is 5.69 Å². The second-order valence-electron chi connectivity index (χ2n) is 4.46. The van der Waals surface area contributed by atoms with E-state index in [0.717, 1.165) is 19.4 Å². The fraction of sp³-hybridized carbons (Fsp3) is 0.500. The molecule has 0 bridgehead atoms. The summed E-state index contributed by atoms with van der Waals surface area (Å²) in [5.41, 5.74) is -0.00539. The molecule has 1 aliphatic rings. The van der Waals surface area contributed by atoms with Crippen LogP contribution in [0.2, 0.25) is 5.02 Å². The molecule has 1 aromatic carbocycles. The Morgan fingerprint density at radius 2 is 2.39 bits per heavy atom. The number of benzene rings is 1. The van der Waals surface area contributed by atoms with Gasteiger partial charge in [0.15, 0.2) is 0 Å². The van der Waals surface area contributed by atoms with Gasteiger partial charge in [0.2, 0.25) is 0 Å². The van der Waals surface area contributed by atoms with Crippen LogP contribution in [0.15, 0.2) is 18.2 Å². The van der Waals surface area contributed by atoms with Crippen molar-refractivity contribution in [3.63, 3.8) is 0 Å². The van der Waals surface area contributed by atoms with Gasteiger partial charge in [0.25, 0.3) is 5.69 Å². The molecule has 1 atom stereocenters. The Balaban J connectivity index is 2.04. The number of non-ortho nitro benzene ring substituents is 1. The highest BCUT2D eigenvalue weighted by Crippen LogP contribution is 2.29. The Hall–Kier alpha value is -1.33. The molecule has 1 heterocycles. The van der Waals surface area contributed by atoms with Crippen molar-refractivity contribution in [1.29, 1.82) is 0 Å². The van der Waals surface area contributed by atoms with Gasteiger partial charge in [0.05, 0.1) is 16.0 Å². The van der Waals surface area contributed by atoms with Gasteiger partial charge in [-0.05, 0) is 32.5 Å². The molecule has 98 valence electrons. The van der Waals surface area contributed by atoms with Crippen molar-refractivity contribution in [2.75, 3.05) is 20.2 Å². The van der Waals surface area contributed by atoms with E-state index in [1.165, 1.54) is 18.2 Å². The number of halogens is 1. The number of nitro benzene ring substituents is 1. The number of nitro groups is 1. The molecular weight excluding hydrogens is 256 g/mol. The second-order valence-corrected chi connectivity index (χ2v) is 4.87. The lowest BCUT2D eigenvalue weighted by atomic mass is 10.2. The first-order chi connectivity index (χ1) is 8.58. The average molecular weight is 271 g/mol. The summed E-state index contributed by atoms with van der Waals surface area (Å²) < 4.78 is 5.60. The smallest absolute Gasteiger partial charge is 0.273 e. The van der Waals surface area contributed by atoms with Crippen LogP contribution in [0.5, 0.6) is 5.75 Å². The van der Waals surface area contributed by atoms with E-state index in [1.807, 2.05) is 0 Å². The monoisotopic (exact) mass is 270 g/mol. The predicted molar refractivity (Wildman–Crippen MR) is 69.3 cm³/mol. The van der Waals surface area contributed by atoms with Crippen molar-refractivity contribution in [3.8, 4) is 5.75 Å². The molecule has 0 aliphatic carbocycles. The molecule has 6 heteroatoms. The lowest BCUT2D eigenvalue weighted by Crippen LogP contribution is -2.30. The van der Waals surface area contributed by atoms with Crippen LogP contribution in [-0.2, 0) is 0 Å². The lowest BCUT2D eigenvalue weighted by Gasteiger charge is -2.19. The summed E-state index contributed by atoms with van der Waals surface area (Å²) in [7, 11) is 2.05. The molecule has 0 radical (unpaired) electrons. The highest BCUT2D eigenvalue weighted by molar-refractivity contribution is 6.32. The zero-order valence-corrected chi connectivity index (χ0v) is 10.9. The molecule has 0 aromatic heterocycles. The van der Waals surface area contributed by atoms with Crippen LogP contribution in [0.4, 0.5) is 5.69 Å². The van der Waals surface area contributed by atoms with Gasteiger partial charge >= 0.3 is 0 Å². The van der Waals surface area contributed by atoms with E-state index in [1.54, 1.807) is 0 Å². The first-order valence-corrected chi connectivity index (χ1v) is 6.22. The maximum atomic E-state index is 10.7. The molecule has 2 rings (SSSR count). The standard InChI is InChI=1S/C12H15ClN2O3/c1-14-6-2-3-10(14)8-18-12-7-9(15(16)17)4-5-11(12)13/h4-5,7,10H,2-3,6,8H2,1H3/t10-/m0/s1. The summed E-state index contributed by atoms with van der Waals surface area (Å²) in [5.74, 6) is 0.381. The van der Waals surface area contributed by atoms with Gasteiger partial charge in [0.1, 0.15) is 12.4 Å². The van der Waals surface area contributed by atoms with Crippen molar-refractivity contribution in [2.45, 2.75) is 18.9 Å². The second kappa shape index (κ2) is 5.54. The van der Waals surface area contributed by atoms with E-state index in [9.17, 15) is 10.1 Å². The predicted octanol–water partition coefficient (Wildman–Crippen LogP) is 2.72. The molecule has 1 saturated heterocycles. The zero-order chi connectivity index (χ0) is 13.1. The number of likely N-dealkylation sites (N-methyl/N-ethyl adjacent to an activating group) is 1. The Morgan fingerprint density at radius 1 is 1.61 bits per heavy atom. The van der Waals surface area contributed by atoms with Gasteiger partial charge in [0, 0.05) is 12.1 Å². The lowest BCUT2D eigenvalue weighted by molar-refractivity contribution is -0.384. The third kappa shape index (κ3) is 2.91. The van der Waals surface area contributed by atoms with Crippen LogP contribution in [0.3, 0.4) is 0 Å². The largest absolute Gasteiger partial charge is 0.490 e. The minimum atomic E-state index is -0.453. The molecule has 1 fully saturated rings. The van der Waals surface area contributed by atoms with Crippen LogP contribution in [0, 0.1) is 10.1 Å². The summed E-state index contributed by atoms with van der Waals surface area (Å²) in [4.78, 5) is 12.4. The summed E-state index contributed by atoms with van der Waals surface area (Å²) in [5, 5.41) is 11.1. The minimum Gasteiger partial charge on any atom is -0.490 e. The van der Waals surface area contributed by atoms with Crippen LogP contribution < -0.4 is 4.74 Å². The molecule has 5 nitrogen and oxygen atoms in total. The molecule has 1 aliphatic heterocycles. The number of hydrogen-bond acceptors (Lipinski definition) is 4. The van der Waals surface area contributed by atoms with Crippen molar-refractivity contribution in [2.24, 2.45) is 0 Å².